The van der Waals surface area contributed by atoms with Gasteiger partial charge in [0.05, 0.1) is 16.7 Å². The molecule has 6 heteroatoms. The number of nitrogens with one attached hydrogen (secondary N) is 2. The van der Waals surface area contributed by atoms with Crippen molar-refractivity contribution in [2.24, 2.45) is 0 Å². The summed E-state index contributed by atoms with van der Waals surface area (Å²) in [5.41, 5.74) is 3.33. The van der Waals surface area contributed by atoms with Gasteiger partial charge in [0.1, 0.15) is 0 Å². The fourth-order valence-electron chi connectivity index (χ4n) is 2.91. The molecule has 152 valence electrons. The van der Waals surface area contributed by atoms with Crippen LogP contribution in [-0.2, 0) is 9.53 Å². The Labute approximate surface area is 175 Å². The van der Waals surface area contributed by atoms with Crippen molar-refractivity contribution in [2.75, 3.05) is 18.5 Å². The minimum atomic E-state index is -0.160. The summed E-state index contributed by atoms with van der Waals surface area (Å²) in [5.74, 6) is -0.315. The van der Waals surface area contributed by atoms with Crippen molar-refractivity contribution in [3.63, 3.8) is 0 Å². The van der Waals surface area contributed by atoms with E-state index in [0.717, 1.165) is 22.4 Å². The lowest BCUT2D eigenvalue weighted by Crippen LogP contribution is -2.26. The normalized spacial score (nSPS) is 14.6. The number of carbonyl (C=O) groups excluding carboxylic acids is 2. The Hall–Kier alpha value is -2.57. The summed E-state index contributed by atoms with van der Waals surface area (Å²) >= 11 is 1.41. The van der Waals surface area contributed by atoms with Gasteiger partial charge in [-0.3, -0.25) is 9.59 Å². The third-order valence-corrected chi connectivity index (χ3v) is 5.43. The third kappa shape index (κ3) is 5.95. The van der Waals surface area contributed by atoms with Crippen LogP contribution >= 0.6 is 11.8 Å². The van der Waals surface area contributed by atoms with Crippen molar-refractivity contribution >= 4 is 35.3 Å². The van der Waals surface area contributed by atoms with Gasteiger partial charge in [-0.1, -0.05) is 41.6 Å². The van der Waals surface area contributed by atoms with E-state index in [1.807, 2.05) is 57.2 Å². The van der Waals surface area contributed by atoms with Gasteiger partial charge < -0.3 is 15.4 Å². The van der Waals surface area contributed by atoms with E-state index in [-0.39, 0.29) is 17.9 Å². The van der Waals surface area contributed by atoms with Crippen molar-refractivity contribution in [3.05, 3.63) is 64.1 Å². The minimum absolute atomic E-state index is 0.155. The zero-order valence-corrected chi connectivity index (χ0v) is 17.8. The second-order valence-corrected chi connectivity index (χ2v) is 8.30. The van der Waals surface area contributed by atoms with Gasteiger partial charge in [-0.25, -0.2) is 0 Å². The van der Waals surface area contributed by atoms with Crippen LogP contribution in [0, 0.1) is 6.92 Å². The Balaban J connectivity index is 1.64. The number of fused-ring (bicyclic) bond motifs is 1. The Morgan fingerprint density at radius 1 is 1.24 bits per heavy atom. The first kappa shape index (κ1) is 21.1. The van der Waals surface area contributed by atoms with E-state index < -0.39 is 0 Å². The Kier molecular flexibility index (Phi) is 7.12. The molecule has 0 spiro atoms. The quantitative estimate of drug-likeness (QED) is 0.516. The second kappa shape index (κ2) is 9.76. The third-order valence-electron chi connectivity index (χ3n) is 4.33. The molecule has 1 aliphatic heterocycles. The van der Waals surface area contributed by atoms with Crippen molar-refractivity contribution in [2.45, 2.75) is 38.2 Å². The monoisotopic (exact) mass is 410 g/mol. The van der Waals surface area contributed by atoms with Crippen LogP contribution in [0.3, 0.4) is 0 Å². The summed E-state index contributed by atoms with van der Waals surface area (Å²) < 4.78 is 5.47. The van der Waals surface area contributed by atoms with Gasteiger partial charge in [0.2, 0.25) is 0 Å². The fourth-order valence-corrected chi connectivity index (χ4v) is 3.84. The molecule has 0 bridgehead atoms. The van der Waals surface area contributed by atoms with E-state index in [1.54, 1.807) is 12.1 Å². The summed E-state index contributed by atoms with van der Waals surface area (Å²) in [6, 6.07) is 13.4. The van der Waals surface area contributed by atoms with Crippen molar-refractivity contribution in [1.82, 2.24) is 5.32 Å². The molecular weight excluding hydrogens is 384 g/mol. The minimum Gasteiger partial charge on any atom is -0.379 e. The summed E-state index contributed by atoms with van der Waals surface area (Å²) in [4.78, 5) is 26.4. The van der Waals surface area contributed by atoms with Crippen molar-refractivity contribution in [3.8, 4) is 0 Å². The molecule has 2 aromatic rings. The Morgan fingerprint density at radius 3 is 2.83 bits per heavy atom. The zero-order valence-electron chi connectivity index (χ0n) is 17.0. The van der Waals surface area contributed by atoms with E-state index in [2.05, 4.69) is 10.6 Å². The van der Waals surface area contributed by atoms with E-state index in [0.29, 0.717) is 29.3 Å². The molecule has 0 saturated heterocycles. The number of ether oxygens (including phenoxy) is 1. The number of aryl methyl sites for hydroxylation is 1. The fraction of sp³-hybridized carbons (Fsp3) is 0.304. The molecule has 0 fully saturated rings. The standard InChI is InChI=1S/C23H26N2O3S/c1-15(2)28-11-5-10-24-22(26)18-8-9-20-19(14-18)25-23(27)21(29-20)13-17-7-4-6-16(3)12-17/h4,6-9,12-15H,5,10-11H2,1-3H3,(H,24,26)(H,25,27)/b21-13+. The van der Waals surface area contributed by atoms with Crippen LogP contribution in [-0.4, -0.2) is 31.1 Å². The van der Waals surface area contributed by atoms with Gasteiger partial charge in [-0.2, -0.15) is 0 Å². The first-order chi connectivity index (χ1) is 13.9. The molecule has 29 heavy (non-hydrogen) atoms. The number of thioether (sulfide) groups is 1. The van der Waals surface area contributed by atoms with Crippen LogP contribution in [0.25, 0.3) is 6.08 Å². The SMILES string of the molecule is Cc1cccc(/C=C2/Sc3ccc(C(=O)NCCCOC(C)C)cc3NC2=O)c1. The first-order valence-electron chi connectivity index (χ1n) is 9.74. The summed E-state index contributed by atoms with van der Waals surface area (Å²) in [6.07, 6.45) is 2.84. The molecule has 3 rings (SSSR count). The summed E-state index contributed by atoms with van der Waals surface area (Å²) in [5, 5.41) is 5.79. The Morgan fingerprint density at radius 2 is 2.07 bits per heavy atom. The smallest absolute Gasteiger partial charge is 0.262 e. The number of carbonyl (C=O) groups is 2. The number of benzene rings is 2. The zero-order chi connectivity index (χ0) is 20.8. The maximum atomic E-state index is 12.5. The first-order valence-corrected chi connectivity index (χ1v) is 10.6. The lowest BCUT2D eigenvalue weighted by atomic mass is 10.1. The molecule has 2 N–H and O–H groups in total. The number of rotatable bonds is 7. The maximum Gasteiger partial charge on any atom is 0.262 e. The van der Waals surface area contributed by atoms with E-state index >= 15 is 0 Å². The molecule has 0 aliphatic carbocycles. The molecule has 0 aromatic heterocycles. The predicted molar refractivity (Wildman–Crippen MR) is 118 cm³/mol. The highest BCUT2D eigenvalue weighted by Gasteiger charge is 2.22. The maximum absolute atomic E-state index is 12.5. The molecule has 2 aromatic carbocycles. The molecule has 0 saturated carbocycles. The van der Waals surface area contributed by atoms with Crippen LogP contribution in [0.15, 0.2) is 52.3 Å². The summed E-state index contributed by atoms with van der Waals surface area (Å²) in [6.45, 7) is 7.16. The molecule has 0 unspecified atom stereocenters. The van der Waals surface area contributed by atoms with Crippen molar-refractivity contribution < 1.29 is 14.3 Å². The average molecular weight is 411 g/mol. The largest absolute Gasteiger partial charge is 0.379 e. The number of hydrogen-bond donors (Lipinski definition) is 2. The van der Waals surface area contributed by atoms with Gasteiger partial charge in [0.25, 0.3) is 11.8 Å². The highest BCUT2D eigenvalue weighted by Crippen LogP contribution is 2.39. The van der Waals surface area contributed by atoms with Gasteiger partial charge in [0.15, 0.2) is 0 Å². The molecule has 1 aliphatic rings. The lowest BCUT2D eigenvalue weighted by molar-refractivity contribution is -0.112. The highest BCUT2D eigenvalue weighted by molar-refractivity contribution is 8.04. The van der Waals surface area contributed by atoms with E-state index in [9.17, 15) is 9.59 Å². The molecule has 5 nitrogen and oxygen atoms in total. The lowest BCUT2D eigenvalue weighted by Gasteiger charge is -2.19. The predicted octanol–water partition coefficient (Wildman–Crippen LogP) is 4.63. The van der Waals surface area contributed by atoms with Crippen LogP contribution in [0.5, 0.6) is 0 Å². The van der Waals surface area contributed by atoms with Crippen LogP contribution in [0.2, 0.25) is 0 Å². The van der Waals surface area contributed by atoms with Crippen LogP contribution in [0.4, 0.5) is 5.69 Å². The van der Waals surface area contributed by atoms with Crippen LogP contribution in [0.1, 0.15) is 41.8 Å². The van der Waals surface area contributed by atoms with Gasteiger partial charge in [-0.15, -0.1) is 0 Å². The number of hydrogen-bond acceptors (Lipinski definition) is 4. The average Bonchev–Trinajstić information content (AvgIpc) is 2.67. The van der Waals surface area contributed by atoms with Gasteiger partial charge in [-0.05, 0) is 57.0 Å². The van der Waals surface area contributed by atoms with Crippen LogP contribution < -0.4 is 10.6 Å². The topological polar surface area (TPSA) is 67.4 Å². The van der Waals surface area contributed by atoms with Gasteiger partial charge >= 0.3 is 0 Å². The van der Waals surface area contributed by atoms with Gasteiger partial charge in [0, 0.05) is 23.6 Å². The van der Waals surface area contributed by atoms with Crippen molar-refractivity contribution in [1.29, 1.82) is 0 Å². The number of amides is 2. The molecule has 1 heterocycles. The molecular formula is C23H26N2O3S. The van der Waals surface area contributed by atoms with E-state index in [4.69, 9.17) is 4.74 Å². The second-order valence-electron chi connectivity index (χ2n) is 7.22. The Bertz CT molecular complexity index is 937. The highest BCUT2D eigenvalue weighted by atomic mass is 32.2. The summed E-state index contributed by atoms with van der Waals surface area (Å²) in [7, 11) is 0. The molecule has 0 atom stereocenters. The molecule has 0 radical (unpaired) electrons. The molecule has 2 amide bonds. The van der Waals surface area contributed by atoms with E-state index in [1.165, 1.54) is 11.8 Å². The number of anilines is 1.